The molecule has 9 heteroatoms. The first-order valence-corrected chi connectivity index (χ1v) is 12.1. The molecule has 0 saturated carbocycles. The van der Waals surface area contributed by atoms with Gasteiger partial charge in [-0.3, -0.25) is 4.31 Å². The Balaban J connectivity index is 1.61. The lowest BCUT2D eigenvalue weighted by molar-refractivity contribution is 0.151. The van der Waals surface area contributed by atoms with Crippen molar-refractivity contribution < 1.29 is 22.0 Å². The Morgan fingerprint density at radius 2 is 1.66 bits per heavy atom. The highest BCUT2D eigenvalue weighted by Crippen LogP contribution is 2.48. The maximum Gasteiger partial charge on any atom is 0.317 e. The zero-order chi connectivity index (χ0) is 23.1. The van der Waals surface area contributed by atoms with E-state index >= 15 is 0 Å². The van der Waals surface area contributed by atoms with E-state index in [1.165, 1.54) is 16.4 Å². The first-order chi connectivity index (χ1) is 15.1. The van der Waals surface area contributed by atoms with Gasteiger partial charge in [0.05, 0.1) is 10.6 Å². The summed E-state index contributed by atoms with van der Waals surface area (Å²) in [5.74, 6) is 0. The minimum atomic E-state index is -3.92. The van der Waals surface area contributed by atoms with Crippen LogP contribution in [0, 0.1) is 0 Å². The molecule has 32 heavy (non-hydrogen) atoms. The minimum absolute atomic E-state index is 0.0116. The molecule has 1 fully saturated rings. The summed E-state index contributed by atoms with van der Waals surface area (Å²) in [4.78, 5) is 14.2. The van der Waals surface area contributed by atoms with Crippen LogP contribution in [0.5, 0.6) is 0 Å². The van der Waals surface area contributed by atoms with Crippen molar-refractivity contribution in [3.05, 3.63) is 59.7 Å². The zero-order valence-corrected chi connectivity index (χ0v) is 18.9. The number of halogens is 2. The maximum absolute atomic E-state index is 13.5. The largest absolute Gasteiger partial charge is 0.336 e. The number of hydrogen-bond acceptors (Lipinski definition) is 3. The molecule has 2 aliphatic heterocycles. The number of benzene rings is 2. The number of anilines is 1. The highest BCUT2D eigenvalue weighted by atomic mass is 32.2. The van der Waals surface area contributed by atoms with Gasteiger partial charge in [0.1, 0.15) is 0 Å². The molecule has 2 aromatic carbocycles. The van der Waals surface area contributed by atoms with E-state index in [0.717, 1.165) is 17.7 Å². The Labute approximate surface area is 187 Å². The zero-order valence-electron chi connectivity index (χ0n) is 18.1. The summed E-state index contributed by atoms with van der Waals surface area (Å²) < 4.78 is 54.1. The van der Waals surface area contributed by atoms with Gasteiger partial charge >= 0.3 is 6.03 Å². The number of hydrogen-bond donors (Lipinski definition) is 1. The fourth-order valence-electron chi connectivity index (χ4n) is 4.62. The number of urea groups is 1. The van der Waals surface area contributed by atoms with Gasteiger partial charge in [0.2, 0.25) is 0 Å². The number of nitrogens with one attached hydrogen (secondary N) is 1. The van der Waals surface area contributed by atoms with Crippen LogP contribution in [-0.2, 0) is 15.4 Å². The molecule has 0 atom stereocenters. The number of fused-ring (bicyclic) bond motifs is 2. The van der Waals surface area contributed by atoms with Crippen LogP contribution in [0.3, 0.4) is 0 Å². The van der Waals surface area contributed by atoms with Crippen LogP contribution < -0.4 is 9.62 Å². The lowest BCUT2D eigenvalue weighted by Gasteiger charge is -2.40. The smallest absolute Gasteiger partial charge is 0.317 e. The van der Waals surface area contributed by atoms with Crippen LogP contribution in [0.4, 0.5) is 19.3 Å². The molecule has 1 saturated heterocycles. The topological polar surface area (TPSA) is 69.7 Å². The van der Waals surface area contributed by atoms with Crippen LogP contribution in [0.1, 0.15) is 44.2 Å². The van der Waals surface area contributed by atoms with E-state index in [4.69, 9.17) is 0 Å². The molecular formula is C23H27F2N3O3S. The normalized spacial score (nSPS) is 17.8. The van der Waals surface area contributed by atoms with Crippen LogP contribution >= 0.6 is 0 Å². The van der Waals surface area contributed by atoms with E-state index in [1.54, 1.807) is 17.0 Å². The predicted molar refractivity (Wildman–Crippen MR) is 119 cm³/mol. The van der Waals surface area contributed by atoms with E-state index in [2.05, 4.69) is 5.32 Å². The van der Waals surface area contributed by atoms with Crippen LogP contribution in [0.25, 0.3) is 0 Å². The number of amides is 2. The van der Waals surface area contributed by atoms with Gasteiger partial charge in [-0.2, -0.15) is 0 Å². The molecule has 2 aromatic rings. The second-order valence-corrected chi connectivity index (χ2v) is 10.6. The van der Waals surface area contributed by atoms with Crippen molar-refractivity contribution in [2.45, 2.75) is 49.5 Å². The average molecular weight is 464 g/mol. The number of likely N-dealkylation sites (tertiary alicyclic amines) is 1. The summed E-state index contributed by atoms with van der Waals surface area (Å²) >= 11 is 0. The van der Waals surface area contributed by atoms with E-state index < -0.39 is 16.4 Å². The number of nitrogens with zero attached hydrogens (tertiary/aromatic N) is 2. The molecule has 0 bridgehead atoms. The molecule has 6 nitrogen and oxygen atoms in total. The van der Waals surface area contributed by atoms with E-state index in [9.17, 15) is 22.0 Å². The fourth-order valence-corrected chi connectivity index (χ4v) is 6.19. The highest BCUT2D eigenvalue weighted by Gasteiger charge is 2.48. The van der Waals surface area contributed by atoms with Crippen molar-refractivity contribution >= 4 is 21.7 Å². The molecule has 2 amide bonds. The summed E-state index contributed by atoms with van der Waals surface area (Å²) in [6.45, 7) is 5.15. The number of para-hydroxylation sites is 1. The number of piperidine rings is 1. The monoisotopic (exact) mass is 463 g/mol. The number of carbonyl (C=O) groups excluding carboxylic acids is 1. The molecule has 0 radical (unpaired) electrons. The van der Waals surface area contributed by atoms with Crippen molar-refractivity contribution in [1.82, 2.24) is 10.2 Å². The predicted octanol–water partition coefficient (Wildman–Crippen LogP) is 4.28. The van der Waals surface area contributed by atoms with Gasteiger partial charge in [-0.15, -0.1) is 0 Å². The standard InChI is InChI=1S/C23H27F2N3O3S/c1-16(2)26-22(29)27-13-11-23(12-14-27)15-28(20-6-4-3-5-19(20)23)32(30,31)18-9-7-17(8-10-18)21(24)25/h3-10,16,21H,11-15H2,1-2H3,(H,26,29). The molecule has 1 N–H and O–H groups in total. The Kier molecular flexibility index (Phi) is 5.87. The number of rotatable bonds is 4. The SMILES string of the molecule is CC(C)NC(=O)N1CCC2(CC1)CN(S(=O)(=O)c1ccc(C(F)F)cc1)c1ccccc12. The lowest BCUT2D eigenvalue weighted by atomic mass is 9.74. The molecule has 172 valence electrons. The van der Waals surface area contributed by atoms with Crippen molar-refractivity contribution in [1.29, 1.82) is 0 Å². The Morgan fingerprint density at radius 1 is 1.03 bits per heavy atom. The van der Waals surface area contributed by atoms with Gasteiger partial charge in [-0.1, -0.05) is 30.3 Å². The molecule has 1 spiro atoms. The number of carbonyl (C=O) groups is 1. The van der Waals surface area contributed by atoms with Crippen LogP contribution in [-0.4, -0.2) is 45.0 Å². The highest BCUT2D eigenvalue weighted by molar-refractivity contribution is 7.92. The Bertz CT molecular complexity index is 1100. The van der Waals surface area contributed by atoms with Crippen molar-refractivity contribution in [2.75, 3.05) is 23.9 Å². The third-order valence-corrected chi connectivity index (χ3v) is 8.10. The first-order valence-electron chi connectivity index (χ1n) is 10.7. The van der Waals surface area contributed by atoms with Crippen LogP contribution in [0.2, 0.25) is 0 Å². The van der Waals surface area contributed by atoms with Crippen LogP contribution in [0.15, 0.2) is 53.4 Å². The molecular weight excluding hydrogens is 436 g/mol. The summed E-state index contributed by atoms with van der Waals surface area (Å²) in [5.41, 5.74) is 0.970. The number of alkyl halides is 2. The van der Waals surface area contributed by atoms with Crippen molar-refractivity contribution in [3.8, 4) is 0 Å². The van der Waals surface area contributed by atoms with Crippen molar-refractivity contribution in [2.24, 2.45) is 0 Å². The second kappa shape index (κ2) is 8.35. The number of sulfonamides is 1. The van der Waals surface area contributed by atoms with Gasteiger partial charge in [0.15, 0.2) is 0 Å². The van der Waals surface area contributed by atoms with E-state index in [0.29, 0.717) is 31.6 Å². The molecule has 0 unspecified atom stereocenters. The van der Waals surface area contributed by atoms with Crippen molar-refractivity contribution in [3.63, 3.8) is 0 Å². The summed E-state index contributed by atoms with van der Waals surface area (Å²) in [6, 6.07) is 12.2. The molecule has 0 aromatic heterocycles. The molecule has 2 aliphatic rings. The maximum atomic E-state index is 13.5. The Morgan fingerprint density at radius 3 is 2.25 bits per heavy atom. The molecule has 0 aliphatic carbocycles. The quantitative estimate of drug-likeness (QED) is 0.736. The average Bonchev–Trinajstić information content (AvgIpc) is 3.09. The molecule has 2 heterocycles. The second-order valence-electron chi connectivity index (χ2n) is 8.77. The molecule has 4 rings (SSSR count). The van der Waals surface area contributed by atoms with E-state index in [1.807, 2.05) is 26.0 Å². The van der Waals surface area contributed by atoms with Gasteiger partial charge in [-0.25, -0.2) is 22.0 Å². The van der Waals surface area contributed by atoms with Gasteiger partial charge in [0.25, 0.3) is 16.4 Å². The third-order valence-electron chi connectivity index (χ3n) is 6.33. The van der Waals surface area contributed by atoms with E-state index in [-0.39, 0.29) is 34.5 Å². The van der Waals surface area contributed by atoms with Gasteiger partial charge in [0, 0.05) is 36.7 Å². The first kappa shape index (κ1) is 22.5. The van der Waals surface area contributed by atoms with Gasteiger partial charge < -0.3 is 10.2 Å². The lowest BCUT2D eigenvalue weighted by Crippen LogP contribution is -2.51. The summed E-state index contributed by atoms with van der Waals surface area (Å²) in [6.07, 6.45) is -1.36. The minimum Gasteiger partial charge on any atom is -0.336 e. The summed E-state index contributed by atoms with van der Waals surface area (Å²) in [5, 5.41) is 2.90. The third kappa shape index (κ3) is 3.94. The Hall–Kier alpha value is -2.68. The summed E-state index contributed by atoms with van der Waals surface area (Å²) in [7, 11) is -3.92. The fraction of sp³-hybridized carbons (Fsp3) is 0.435. The van der Waals surface area contributed by atoms with Gasteiger partial charge in [-0.05, 0) is 50.5 Å².